The third-order valence-corrected chi connectivity index (χ3v) is 1.03. The van der Waals surface area contributed by atoms with Gasteiger partial charge in [-0.05, 0) is 19.4 Å². The van der Waals surface area contributed by atoms with Crippen molar-refractivity contribution in [3.8, 4) is 0 Å². The van der Waals surface area contributed by atoms with Crippen molar-refractivity contribution in [1.82, 2.24) is 5.32 Å². The van der Waals surface area contributed by atoms with E-state index >= 15 is 0 Å². The highest BCUT2D eigenvalue weighted by molar-refractivity contribution is 5.88. The van der Waals surface area contributed by atoms with Crippen LogP contribution in [0.2, 0.25) is 0 Å². The van der Waals surface area contributed by atoms with Gasteiger partial charge >= 0.3 is 0 Å². The van der Waals surface area contributed by atoms with Gasteiger partial charge in [-0.1, -0.05) is 12.2 Å². The molecule has 0 aliphatic carbocycles. The molecule has 0 rings (SSSR count). The van der Waals surface area contributed by atoms with Crippen molar-refractivity contribution in [2.75, 3.05) is 7.05 Å². The van der Waals surface area contributed by atoms with E-state index in [1.807, 2.05) is 26.0 Å². The SMILES string of the molecule is C/C=C/C(C)=C/C(=O)NC. The van der Waals surface area contributed by atoms with Crippen LogP contribution >= 0.6 is 0 Å². The maximum Gasteiger partial charge on any atom is 0.243 e. The lowest BCUT2D eigenvalue weighted by Crippen LogP contribution is -2.14. The number of amides is 1. The monoisotopic (exact) mass is 139 g/mol. The van der Waals surface area contributed by atoms with Gasteiger partial charge in [-0.3, -0.25) is 4.79 Å². The van der Waals surface area contributed by atoms with Crippen LogP contribution in [0.15, 0.2) is 23.8 Å². The standard InChI is InChI=1S/C8H13NO/c1-4-5-7(2)6-8(10)9-3/h4-6H,1-3H3,(H,9,10)/b5-4+,7-6+. The summed E-state index contributed by atoms with van der Waals surface area (Å²) in [5.74, 6) is -0.0596. The molecule has 1 amide bonds. The predicted molar refractivity (Wildman–Crippen MR) is 42.6 cm³/mol. The molecule has 2 nitrogen and oxygen atoms in total. The predicted octanol–water partition coefficient (Wildman–Crippen LogP) is 1.25. The Hall–Kier alpha value is -1.05. The highest BCUT2D eigenvalue weighted by Gasteiger charge is 1.88. The van der Waals surface area contributed by atoms with E-state index < -0.39 is 0 Å². The fourth-order valence-electron chi connectivity index (χ4n) is 0.590. The molecular formula is C8H13NO. The van der Waals surface area contributed by atoms with Crippen LogP contribution in [0.1, 0.15) is 13.8 Å². The van der Waals surface area contributed by atoms with Crippen LogP contribution in [0.3, 0.4) is 0 Å². The zero-order valence-electron chi connectivity index (χ0n) is 6.64. The average molecular weight is 139 g/mol. The molecular weight excluding hydrogens is 126 g/mol. The minimum Gasteiger partial charge on any atom is -0.356 e. The first-order valence-corrected chi connectivity index (χ1v) is 3.23. The first-order chi connectivity index (χ1) is 4.70. The third kappa shape index (κ3) is 3.89. The lowest BCUT2D eigenvalue weighted by molar-refractivity contribution is -0.116. The Morgan fingerprint density at radius 1 is 1.50 bits per heavy atom. The van der Waals surface area contributed by atoms with E-state index in [1.165, 1.54) is 0 Å². The number of hydrogen-bond donors (Lipinski definition) is 1. The summed E-state index contributed by atoms with van der Waals surface area (Å²) in [6.45, 7) is 3.80. The normalized spacial score (nSPS) is 12.1. The minimum atomic E-state index is -0.0596. The molecule has 0 aliphatic heterocycles. The average Bonchev–Trinajstić information content (AvgIpc) is 1.88. The summed E-state index contributed by atoms with van der Waals surface area (Å²) >= 11 is 0. The van der Waals surface area contributed by atoms with Gasteiger partial charge in [0.25, 0.3) is 0 Å². The second-order valence-corrected chi connectivity index (χ2v) is 2.00. The van der Waals surface area contributed by atoms with E-state index in [-0.39, 0.29) is 5.91 Å². The van der Waals surface area contributed by atoms with Crippen molar-refractivity contribution < 1.29 is 4.79 Å². The van der Waals surface area contributed by atoms with Crippen molar-refractivity contribution in [3.63, 3.8) is 0 Å². The van der Waals surface area contributed by atoms with Crippen LogP contribution in [0, 0.1) is 0 Å². The summed E-state index contributed by atoms with van der Waals surface area (Å²) in [5, 5.41) is 2.51. The van der Waals surface area contributed by atoms with Crippen LogP contribution in [-0.4, -0.2) is 13.0 Å². The molecule has 0 radical (unpaired) electrons. The molecule has 0 saturated carbocycles. The largest absolute Gasteiger partial charge is 0.356 e. The summed E-state index contributed by atoms with van der Waals surface area (Å²) in [5.41, 5.74) is 0.960. The molecule has 0 bridgehead atoms. The maximum absolute atomic E-state index is 10.7. The molecule has 1 N–H and O–H groups in total. The Bertz CT molecular complexity index is 168. The van der Waals surface area contributed by atoms with Crippen molar-refractivity contribution in [2.45, 2.75) is 13.8 Å². The van der Waals surface area contributed by atoms with Crippen LogP contribution in [0.4, 0.5) is 0 Å². The van der Waals surface area contributed by atoms with Crippen LogP contribution < -0.4 is 5.32 Å². The van der Waals surface area contributed by atoms with E-state index in [1.54, 1.807) is 13.1 Å². The molecule has 0 aromatic carbocycles. The summed E-state index contributed by atoms with van der Waals surface area (Å²) in [7, 11) is 1.61. The zero-order valence-corrected chi connectivity index (χ0v) is 6.64. The number of carbonyl (C=O) groups is 1. The first kappa shape index (κ1) is 8.95. The first-order valence-electron chi connectivity index (χ1n) is 3.23. The highest BCUT2D eigenvalue weighted by atomic mass is 16.1. The number of hydrogen-bond acceptors (Lipinski definition) is 1. The number of nitrogens with one attached hydrogen (secondary N) is 1. The minimum absolute atomic E-state index is 0.0596. The van der Waals surface area contributed by atoms with Gasteiger partial charge in [0, 0.05) is 13.1 Å². The smallest absolute Gasteiger partial charge is 0.243 e. The summed E-state index contributed by atoms with van der Waals surface area (Å²) in [6, 6.07) is 0. The molecule has 0 aromatic heterocycles. The Morgan fingerprint density at radius 2 is 2.10 bits per heavy atom. The Kier molecular flexibility index (Phi) is 4.29. The Balaban J connectivity index is 4.02. The second-order valence-electron chi connectivity index (χ2n) is 2.00. The number of carbonyl (C=O) groups excluding carboxylic acids is 1. The van der Waals surface area contributed by atoms with E-state index in [0.717, 1.165) is 5.57 Å². The van der Waals surface area contributed by atoms with Crippen LogP contribution in [0.5, 0.6) is 0 Å². The van der Waals surface area contributed by atoms with E-state index in [9.17, 15) is 4.79 Å². The summed E-state index contributed by atoms with van der Waals surface area (Å²) in [6.07, 6.45) is 5.34. The van der Waals surface area contributed by atoms with Gasteiger partial charge in [0.15, 0.2) is 0 Å². The molecule has 0 saturated heterocycles. The van der Waals surface area contributed by atoms with Gasteiger partial charge in [0.2, 0.25) is 5.91 Å². The summed E-state index contributed by atoms with van der Waals surface area (Å²) < 4.78 is 0. The van der Waals surface area contributed by atoms with Crippen molar-refractivity contribution in [2.24, 2.45) is 0 Å². The van der Waals surface area contributed by atoms with Gasteiger partial charge in [-0.15, -0.1) is 0 Å². The summed E-state index contributed by atoms with van der Waals surface area (Å²) in [4.78, 5) is 10.7. The zero-order chi connectivity index (χ0) is 7.98. The van der Waals surface area contributed by atoms with Crippen molar-refractivity contribution >= 4 is 5.91 Å². The van der Waals surface area contributed by atoms with Crippen LogP contribution in [0.25, 0.3) is 0 Å². The molecule has 0 aromatic rings. The van der Waals surface area contributed by atoms with Crippen LogP contribution in [-0.2, 0) is 4.79 Å². The number of likely N-dealkylation sites (N-methyl/N-ethyl adjacent to an activating group) is 1. The Morgan fingerprint density at radius 3 is 2.50 bits per heavy atom. The molecule has 0 spiro atoms. The number of allylic oxidation sites excluding steroid dienone is 3. The van der Waals surface area contributed by atoms with E-state index in [2.05, 4.69) is 5.32 Å². The van der Waals surface area contributed by atoms with Gasteiger partial charge in [-0.25, -0.2) is 0 Å². The molecule has 2 heteroatoms. The fourth-order valence-corrected chi connectivity index (χ4v) is 0.590. The number of rotatable bonds is 2. The fraction of sp³-hybridized carbons (Fsp3) is 0.375. The quantitative estimate of drug-likeness (QED) is 0.453. The van der Waals surface area contributed by atoms with Crippen molar-refractivity contribution in [3.05, 3.63) is 23.8 Å². The van der Waals surface area contributed by atoms with Gasteiger partial charge in [-0.2, -0.15) is 0 Å². The Labute approximate surface area is 61.6 Å². The second kappa shape index (κ2) is 4.79. The molecule has 10 heavy (non-hydrogen) atoms. The molecule has 0 heterocycles. The van der Waals surface area contributed by atoms with E-state index in [4.69, 9.17) is 0 Å². The van der Waals surface area contributed by atoms with Gasteiger partial charge < -0.3 is 5.32 Å². The van der Waals surface area contributed by atoms with E-state index in [0.29, 0.717) is 0 Å². The molecule has 0 atom stereocenters. The highest BCUT2D eigenvalue weighted by Crippen LogP contribution is 1.92. The maximum atomic E-state index is 10.7. The molecule has 0 unspecified atom stereocenters. The van der Waals surface area contributed by atoms with Gasteiger partial charge in [0.05, 0.1) is 0 Å². The van der Waals surface area contributed by atoms with Gasteiger partial charge in [0.1, 0.15) is 0 Å². The molecule has 56 valence electrons. The molecule has 0 fully saturated rings. The lowest BCUT2D eigenvalue weighted by Gasteiger charge is -1.91. The topological polar surface area (TPSA) is 29.1 Å². The van der Waals surface area contributed by atoms with Crippen molar-refractivity contribution in [1.29, 1.82) is 0 Å². The molecule has 0 aliphatic rings. The lowest BCUT2D eigenvalue weighted by atomic mass is 10.2. The third-order valence-electron chi connectivity index (χ3n) is 1.03.